The first-order chi connectivity index (χ1) is 5.97. The second-order valence-corrected chi connectivity index (χ2v) is 3.53. The zero-order valence-electron chi connectivity index (χ0n) is 7.84. The maximum atomic E-state index is 12.9. The van der Waals surface area contributed by atoms with E-state index in [-0.39, 0.29) is 12.4 Å². The maximum Gasteiger partial charge on any atom is 0.123 e. The lowest BCUT2D eigenvalue weighted by atomic mass is 9.90. The van der Waals surface area contributed by atoms with E-state index >= 15 is 0 Å². The van der Waals surface area contributed by atoms with Crippen LogP contribution in [0.3, 0.4) is 0 Å². The van der Waals surface area contributed by atoms with Crippen LogP contribution in [0, 0.1) is 12.7 Å². The van der Waals surface area contributed by atoms with Crippen molar-refractivity contribution in [3.05, 3.63) is 35.1 Å². The van der Waals surface area contributed by atoms with E-state index < -0.39 is 5.54 Å². The SMILES string of the molecule is Cc1ccc(F)cc1[C@](C)(N)CO. The average Bonchev–Trinajstić information content (AvgIpc) is 2.09. The van der Waals surface area contributed by atoms with Crippen LogP contribution < -0.4 is 5.73 Å². The first-order valence-corrected chi connectivity index (χ1v) is 4.14. The zero-order chi connectivity index (χ0) is 10.1. The topological polar surface area (TPSA) is 46.2 Å². The summed E-state index contributed by atoms with van der Waals surface area (Å²) in [7, 11) is 0. The van der Waals surface area contributed by atoms with Gasteiger partial charge in [-0.2, -0.15) is 0 Å². The molecule has 0 amide bonds. The molecule has 0 heterocycles. The first-order valence-electron chi connectivity index (χ1n) is 4.14. The number of halogens is 1. The molecule has 0 aliphatic heterocycles. The standard InChI is InChI=1S/C10H14FNO/c1-7-3-4-8(11)5-9(7)10(2,12)6-13/h3-5,13H,6,12H2,1-2H3/t10-/m1/s1. The van der Waals surface area contributed by atoms with Gasteiger partial charge in [-0.15, -0.1) is 0 Å². The lowest BCUT2D eigenvalue weighted by Gasteiger charge is -2.24. The van der Waals surface area contributed by atoms with Gasteiger partial charge in [0.2, 0.25) is 0 Å². The average molecular weight is 183 g/mol. The predicted molar refractivity (Wildman–Crippen MR) is 49.8 cm³/mol. The summed E-state index contributed by atoms with van der Waals surface area (Å²) in [5.41, 5.74) is 6.46. The Labute approximate surface area is 77.2 Å². The van der Waals surface area contributed by atoms with Crippen molar-refractivity contribution >= 4 is 0 Å². The molecular weight excluding hydrogens is 169 g/mol. The molecule has 1 aromatic carbocycles. The van der Waals surface area contributed by atoms with Gasteiger partial charge in [-0.1, -0.05) is 6.07 Å². The van der Waals surface area contributed by atoms with Gasteiger partial charge in [-0.25, -0.2) is 4.39 Å². The summed E-state index contributed by atoms with van der Waals surface area (Å²) in [5.74, 6) is -0.328. The van der Waals surface area contributed by atoms with Crippen LogP contribution in [0.15, 0.2) is 18.2 Å². The highest BCUT2D eigenvalue weighted by Gasteiger charge is 2.22. The van der Waals surface area contributed by atoms with Crippen LogP contribution in [0.25, 0.3) is 0 Å². The Kier molecular flexibility index (Phi) is 2.68. The van der Waals surface area contributed by atoms with E-state index in [1.165, 1.54) is 12.1 Å². The molecule has 0 radical (unpaired) electrons. The molecule has 0 aliphatic carbocycles. The van der Waals surface area contributed by atoms with Gasteiger partial charge in [0, 0.05) is 0 Å². The van der Waals surface area contributed by atoms with Crippen LogP contribution >= 0.6 is 0 Å². The van der Waals surface area contributed by atoms with E-state index in [4.69, 9.17) is 10.8 Å². The van der Waals surface area contributed by atoms with E-state index in [1.54, 1.807) is 13.0 Å². The fourth-order valence-electron chi connectivity index (χ4n) is 1.29. The Morgan fingerprint density at radius 3 is 2.69 bits per heavy atom. The highest BCUT2D eigenvalue weighted by Crippen LogP contribution is 2.21. The number of aliphatic hydroxyl groups excluding tert-OH is 1. The van der Waals surface area contributed by atoms with Crippen LogP contribution in [0.5, 0.6) is 0 Å². The monoisotopic (exact) mass is 183 g/mol. The summed E-state index contributed by atoms with van der Waals surface area (Å²) in [6.07, 6.45) is 0. The van der Waals surface area contributed by atoms with Gasteiger partial charge in [0.15, 0.2) is 0 Å². The van der Waals surface area contributed by atoms with Crippen molar-refractivity contribution in [3.63, 3.8) is 0 Å². The summed E-state index contributed by atoms with van der Waals surface area (Å²) >= 11 is 0. The minimum absolute atomic E-state index is 0.197. The fraction of sp³-hybridized carbons (Fsp3) is 0.400. The Balaban J connectivity index is 3.20. The van der Waals surface area contributed by atoms with Gasteiger partial charge in [0.25, 0.3) is 0 Å². The van der Waals surface area contributed by atoms with Crippen molar-refractivity contribution in [3.8, 4) is 0 Å². The summed E-state index contributed by atoms with van der Waals surface area (Å²) in [6.45, 7) is 3.32. The number of hydrogen-bond donors (Lipinski definition) is 2. The van der Waals surface area contributed by atoms with Crippen LogP contribution in [0.2, 0.25) is 0 Å². The lowest BCUT2D eigenvalue weighted by Crippen LogP contribution is -2.37. The number of hydrogen-bond acceptors (Lipinski definition) is 2. The molecule has 2 nitrogen and oxygen atoms in total. The maximum absolute atomic E-state index is 12.9. The normalized spacial score (nSPS) is 15.5. The molecule has 0 fully saturated rings. The third-order valence-electron chi connectivity index (χ3n) is 2.14. The van der Waals surface area contributed by atoms with Gasteiger partial charge >= 0.3 is 0 Å². The van der Waals surface area contributed by atoms with E-state index in [0.717, 1.165) is 5.56 Å². The fourth-order valence-corrected chi connectivity index (χ4v) is 1.29. The van der Waals surface area contributed by atoms with Crippen LogP contribution in [-0.2, 0) is 5.54 Å². The van der Waals surface area contributed by atoms with Gasteiger partial charge in [-0.05, 0) is 37.1 Å². The van der Waals surface area contributed by atoms with E-state index in [1.807, 2.05) is 6.92 Å². The van der Waals surface area contributed by atoms with Crippen LogP contribution in [0.1, 0.15) is 18.1 Å². The Hall–Kier alpha value is -0.930. The second kappa shape index (κ2) is 3.44. The molecule has 1 aromatic rings. The smallest absolute Gasteiger partial charge is 0.123 e. The molecule has 0 saturated heterocycles. The quantitative estimate of drug-likeness (QED) is 0.726. The molecule has 0 aliphatic rings. The van der Waals surface area contributed by atoms with Crippen molar-refractivity contribution in [2.45, 2.75) is 19.4 Å². The van der Waals surface area contributed by atoms with Gasteiger partial charge < -0.3 is 10.8 Å². The molecule has 1 rings (SSSR count). The highest BCUT2D eigenvalue weighted by molar-refractivity contribution is 5.32. The second-order valence-electron chi connectivity index (χ2n) is 3.53. The zero-order valence-corrected chi connectivity index (χ0v) is 7.84. The Bertz CT molecular complexity index is 310. The molecule has 0 aromatic heterocycles. The van der Waals surface area contributed by atoms with Crippen molar-refractivity contribution in [1.29, 1.82) is 0 Å². The van der Waals surface area contributed by atoms with Crippen molar-refractivity contribution < 1.29 is 9.50 Å². The molecule has 3 N–H and O–H groups in total. The molecule has 0 unspecified atom stereocenters. The highest BCUT2D eigenvalue weighted by atomic mass is 19.1. The number of aryl methyl sites for hydroxylation is 1. The molecule has 13 heavy (non-hydrogen) atoms. The predicted octanol–water partition coefficient (Wildman–Crippen LogP) is 1.30. The minimum Gasteiger partial charge on any atom is -0.394 e. The molecule has 72 valence electrons. The summed E-state index contributed by atoms with van der Waals surface area (Å²) in [6, 6.07) is 4.41. The van der Waals surface area contributed by atoms with Crippen molar-refractivity contribution in [2.75, 3.05) is 6.61 Å². The lowest BCUT2D eigenvalue weighted by molar-refractivity contribution is 0.209. The van der Waals surface area contributed by atoms with Crippen LogP contribution in [-0.4, -0.2) is 11.7 Å². The number of rotatable bonds is 2. The molecule has 0 bridgehead atoms. The summed E-state index contributed by atoms with van der Waals surface area (Å²) in [4.78, 5) is 0. The van der Waals surface area contributed by atoms with Crippen molar-refractivity contribution in [1.82, 2.24) is 0 Å². The number of aliphatic hydroxyl groups is 1. The number of benzene rings is 1. The third kappa shape index (κ3) is 2.05. The number of nitrogens with two attached hydrogens (primary N) is 1. The largest absolute Gasteiger partial charge is 0.394 e. The molecule has 3 heteroatoms. The summed E-state index contributed by atoms with van der Waals surface area (Å²) in [5, 5.41) is 9.02. The Morgan fingerprint density at radius 1 is 1.54 bits per heavy atom. The van der Waals surface area contributed by atoms with Gasteiger partial charge in [0.1, 0.15) is 5.82 Å². The Morgan fingerprint density at radius 2 is 2.15 bits per heavy atom. The van der Waals surface area contributed by atoms with E-state index in [0.29, 0.717) is 5.56 Å². The van der Waals surface area contributed by atoms with E-state index in [2.05, 4.69) is 0 Å². The van der Waals surface area contributed by atoms with Crippen LogP contribution in [0.4, 0.5) is 4.39 Å². The van der Waals surface area contributed by atoms with E-state index in [9.17, 15) is 4.39 Å². The first kappa shape index (κ1) is 10.2. The van der Waals surface area contributed by atoms with Crippen molar-refractivity contribution in [2.24, 2.45) is 5.73 Å². The minimum atomic E-state index is -0.869. The van der Waals surface area contributed by atoms with Gasteiger partial charge in [0.05, 0.1) is 12.1 Å². The molecular formula is C10H14FNO. The molecule has 1 atom stereocenters. The van der Waals surface area contributed by atoms with Gasteiger partial charge in [-0.3, -0.25) is 0 Å². The molecule has 0 spiro atoms. The summed E-state index contributed by atoms with van der Waals surface area (Å²) < 4.78 is 12.9. The molecule has 0 saturated carbocycles. The third-order valence-corrected chi connectivity index (χ3v) is 2.14.